The van der Waals surface area contributed by atoms with Crippen molar-refractivity contribution in [3.05, 3.63) is 59.9 Å². The fraction of sp³-hybridized carbons (Fsp3) is 0.462. The highest BCUT2D eigenvalue weighted by Gasteiger charge is 2.44. The number of benzene rings is 2. The number of hydrogen-bond donors (Lipinski definition) is 1. The third-order valence-corrected chi connectivity index (χ3v) is 6.54. The minimum absolute atomic E-state index is 0.00406. The van der Waals surface area contributed by atoms with E-state index in [-0.39, 0.29) is 23.7 Å². The van der Waals surface area contributed by atoms with Crippen LogP contribution >= 0.6 is 0 Å². The molecular weight excluding hydrogens is 407 g/mol. The summed E-state index contributed by atoms with van der Waals surface area (Å²) < 4.78 is 19.3. The fourth-order valence-electron chi connectivity index (χ4n) is 4.97. The molecule has 2 aliphatic rings. The van der Waals surface area contributed by atoms with Crippen LogP contribution in [0.1, 0.15) is 38.2 Å². The number of nitrogens with zero attached hydrogens (tertiary/aromatic N) is 1. The predicted molar refractivity (Wildman–Crippen MR) is 121 cm³/mol. The molecular formula is C26H31FN2O3. The van der Waals surface area contributed by atoms with Gasteiger partial charge < -0.3 is 15.0 Å². The molecule has 2 aromatic rings. The summed E-state index contributed by atoms with van der Waals surface area (Å²) in [6, 6.07) is 14.4. The maximum Gasteiger partial charge on any atom is 0.251 e. The largest absolute Gasteiger partial charge is 0.368 e. The lowest BCUT2D eigenvalue weighted by Crippen LogP contribution is -2.56. The third kappa shape index (κ3) is 4.85. The van der Waals surface area contributed by atoms with Crippen molar-refractivity contribution in [1.82, 2.24) is 10.2 Å². The molecule has 1 N–H and O–H groups in total. The molecule has 4 rings (SSSR count). The van der Waals surface area contributed by atoms with E-state index < -0.39 is 5.41 Å². The number of hydrogen-bond acceptors (Lipinski definition) is 3. The number of carbonyl (C=O) groups excluding carboxylic acids is 2. The quantitative estimate of drug-likeness (QED) is 0.743. The van der Waals surface area contributed by atoms with Gasteiger partial charge in [0.05, 0.1) is 5.41 Å². The van der Waals surface area contributed by atoms with Crippen LogP contribution in [0, 0.1) is 11.2 Å². The van der Waals surface area contributed by atoms with Gasteiger partial charge in [-0.2, -0.15) is 0 Å². The minimum atomic E-state index is -0.691. The average Bonchev–Trinajstić information content (AvgIpc) is 3.34. The maximum absolute atomic E-state index is 13.7. The summed E-state index contributed by atoms with van der Waals surface area (Å²) in [6.45, 7) is 4.13. The summed E-state index contributed by atoms with van der Waals surface area (Å²) >= 11 is 0. The van der Waals surface area contributed by atoms with Gasteiger partial charge in [0.15, 0.2) is 0 Å². The lowest BCUT2D eigenvalue weighted by atomic mass is 9.73. The molecule has 5 nitrogen and oxygen atoms in total. The first-order valence-electron chi connectivity index (χ1n) is 11.5. The van der Waals surface area contributed by atoms with E-state index in [9.17, 15) is 14.0 Å². The molecule has 2 saturated heterocycles. The van der Waals surface area contributed by atoms with Gasteiger partial charge in [-0.3, -0.25) is 9.59 Å². The molecule has 2 aromatic carbocycles. The molecule has 0 spiro atoms. The number of carbonyl (C=O) groups is 2. The zero-order valence-corrected chi connectivity index (χ0v) is 18.6. The smallest absolute Gasteiger partial charge is 0.251 e. The van der Waals surface area contributed by atoms with Crippen LogP contribution in [-0.2, 0) is 20.7 Å². The van der Waals surface area contributed by atoms with Crippen molar-refractivity contribution < 1.29 is 18.7 Å². The molecule has 32 heavy (non-hydrogen) atoms. The summed E-state index contributed by atoms with van der Waals surface area (Å²) in [5.41, 5.74) is 2.03. The zero-order valence-electron chi connectivity index (χ0n) is 18.6. The summed E-state index contributed by atoms with van der Waals surface area (Å²) in [6.07, 6.45) is 3.29. The molecule has 0 aromatic heterocycles. The highest BCUT2D eigenvalue weighted by molar-refractivity contribution is 5.86. The van der Waals surface area contributed by atoms with Crippen LogP contribution in [0.2, 0.25) is 0 Å². The first-order chi connectivity index (χ1) is 15.5. The van der Waals surface area contributed by atoms with E-state index in [0.29, 0.717) is 32.7 Å². The van der Waals surface area contributed by atoms with Gasteiger partial charge in [-0.1, -0.05) is 36.4 Å². The second-order valence-electron chi connectivity index (χ2n) is 8.89. The molecule has 2 amide bonds. The average molecular weight is 439 g/mol. The van der Waals surface area contributed by atoms with Crippen LogP contribution in [0.3, 0.4) is 0 Å². The fourth-order valence-corrected chi connectivity index (χ4v) is 4.97. The standard InChI is InChI=1S/C26H31FN2O3/c1-2-28-25(31)26(12-6-13-29(18-26)24(30)23-11-5-14-32-23)17-19-7-3-8-20(15-19)21-9-4-10-22(27)16-21/h3-4,7-10,15-16,23H,2,5-6,11-14,17-18H2,1H3,(H,28,31)/t23-,26+/m0/s1. The van der Waals surface area contributed by atoms with E-state index >= 15 is 0 Å². The number of amides is 2. The van der Waals surface area contributed by atoms with Crippen LogP contribution in [0.25, 0.3) is 11.1 Å². The second kappa shape index (κ2) is 9.82. The van der Waals surface area contributed by atoms with E-state index in [1.54, 1.807) is 6.07 Å². The summed E-state index contributed by atoms with van der Waals surface area (Å²) in [5.74, 6) is -0.285. The van der Waals surface area contributed by atoms with Crippen molar-refractivity contribution in [1.29, 1.82) is 0 Å². The third-order valence-electron chi connectivity index (χ3n) is 6.54. The van der Waals surface area contributed by atoms with Crippen molar-refractivity contribution in [2.75, 3.05) is 26.2 Å². The molecule has 170 valence electrons. The van der Waals surface area contributed by atoms with Crippen LogP contribution in [0.5, 0.6) is 0 Å². The van der Waals surface area contributed by atoms with Gasteiger partial charge in [-0.25, -0.2) is 4.39 Å². The topological polar surface area (TPSA) is 58.6 Å². The Morgan fingerprint density at radius 2 is 1.94 bits per heavy atom. The van der Waals surface area contributed by atoms with Gasteiger partial charge >= 0.3 is 0 Å². The summed E-state index contributed by atoms with van der Waals surface area (Å²) in [5, 5.41) is 3.00. The number of ether oxygens (including phenoxy) is 1. The Balaban J connectivity index is 1.60. The van der Waals surface area contributed by atoms with E-state index in [1.807, 2.05) is 42.2 Å². The first kappa shape index (κ1) is 22.5. The lowest BCUT2D eigenvalue weighted by molar-refractivity contribution is -0.148. The van der Waals surface area contributed by atoms with Gasteiger partial charge in [-0.15, -0.1) is 0 Å². The Labute approximate surface area is 188 Å². The Morgan fingerprint density at radius 1 is 1.16 bits per heavy atom. The Bertz CT molecular complexity index is 973. The van der Waals surface area contributed by atoms with Crippen LogP contribution in [-0.4, -0.2) is 49.1 Å². The van der Waals surface area contributed by atoms with Crippen molar-refractivity contribution in [3.8, 4) is 11.1 Å². The van der Waals surface area contributed by atoms with Crippen molar-refractivity contribution in [2.24, 2.45) is 5.41 Å². The number of halogens is 1. The normalized spacial score (nSPS) is 23.2. The van der Waals surface area contributed by atoms with Crippen molar-refractivity contribution in [3.63, 3.8) is 0 Å². The maximum atomic E-state index is 13.7. The second-order valence-corrected chi connectivity index (χ2v) is 8.89. The Kier molecular flexibility index (Phi) is 6.89. The monoisotopic (exact) mass is 438 g/mol. The highest BCUT2D eigenvalue weighted by atomic mass is 19.1. The lowest BCUT2D eigenvalue weighted by Gasteiger charge is -2.42. The minimum Gasteiger partial charge on any atom is -0.368 e. The van der Waals surface area contributed by atoms with Gasteiger partial charge in [0.1, 0.15) is 11.9 Å². The van der Waals surface area contributed by atoms with E-state index in [4.69, 9.17) is 4.74 Å². The van der Waals surface area contributed by atoms with Crippen molar-refractivity contribution >= 4 is 11.8 Å². The molecule has 0 radical (unpaired) electrons. The molecule has 0 bridgehead atoms. The molecule has 2 heterocycles. The van der Waals surface area contributed by atoms with Crippen LogP contribution < -0.4 is 5.32 Å². The number of likely N-dealkylation sites (tertiary alicyclic amines) is 1. The SMILES string of the molecule is CCNC(=O)[C@@]1(Cc2cccc(-c3cccc(F)c3)c2)CCCN(C(=O)[C@@H]2CCCO2)C1. The summed E-state index contributed by atoms with van der Waals surface area (Å²) in [4.78, 5) is 28.1. The van der Waals surface area contributed by atoms with Gasteiger partial charge in [-0.05, 0) is 67.9 Å². The van der Waals surface area contributed by atoms with Gasteiger partial charge in [0, 0.05) is 26.2 Å². The number of rotatable bonds is 6. The molecule has 0 unspecified atom stereocenters. The number of piperidine rings is 1. The van der Waals surface area contributed by atoms with Crippen LogP contribution in [0.4, 0.5) is 4.39 Å². The van der Waals surface area contributed by atoms with E-state index in [2.05, 4.69) is 5.32 Å². The molecule has 2 aliphatic heterocycles. The first-order valence-corrected chi connectivity index (χ1v) is 11.5. The zero-order chi connectivity index (χ0) is 22.6. The number of nitrogens with one attached hydrogen (secondary N) is 1. The highest BCUT2D eigenvalue weighted by Crippen LogP contribution is 2.36. The summed E-state index contributed by atoms with van der Waals surface area (Å²) in [7, 11) is 0. The molecule has 2 atom stereocenters. The molecule has 6 heteroatoms. The van der Waals surface area contributed by atoms with Gasteiger partial charge in [0.25, 0.3) is 5.91 Å². The predicted octanol–water partition coefficient (Wildman–Crippen LogP) is 3.96. The Morgan fingerprint density at radius 3 is 2.66 bits per heavy atom. The Hall–Kier alpha value is -2.73. The van der Waals surface area contributed by atoms with E-state index in [0.717, 1.165) is 42.4 Å². The molecule has 0 saturated carbocycles. The molecule has 0 aliphatic carbocycles. The van der Waals surface area contributed by atoms with E-state index in [1.165, 1.54) is 12.1 Å². The van der Waals surface area contributed by atoms with Crippen molar-refractivity contribution in [2.45, 2.75) is 45.1 Å². The molecule has 2 fully saturated rings. The van der Waals surface area contributed by atoms with Gasteiger partial charge in [0.2, 0.25) is 5.91 Å². The van der Waals surface area contributed by atoms with Crippen LogP contribution in [0.15, 0.2) is 48.5 Å².